The zero-order valence-corrected chi connectivity index (χ0v) is 18.9. The van der Waals surface area contributed by atoms with Gasteiger partial charge in [0.1, 0.15) is 12.3 Å². The Hall–Kier alpha value is -4.11. The van der Waals surface area contributed by atoms with E-state index in [4.69, 9.17) is 9.26 Å². The number of anilines is 2. The van der Waals surface area contributed by atoms with Gasteiger partial charge in [-0.2, -0.15) is 4.98 Å². The molecule has 3 heterocycles. The Morgan fingerprint density at radius 3 is 2.71 bits per heavy atom. The van der Waals surface area contributed by atoms with Crippen molar-refractivity contribution in [2.24, 2.45) is 0 Å². The largest absolute Gasteiger partial charge is 0.482 e. The molecule has 3 aromatic carbocycles. The highest BCUT2D eigenvalue weighted by molar-refractivity contribution is 7.99. The van der Waals surface area contributed by atoms with Gasteiger partial charge in [0.25, 0.3) is 11.8 Å². The summed E-state index contributed by atoms with van der Waals surface area (Å²) in [6.07, 6.45) is 0. The lowest BCUT2D eigenvalue weighted by atomic mass is 10.1. The van der Waals surface area contributed by atoms with Crippen LogP contribution in [0.5, 0.6) is 5.75 Å². The molecule has 1 aromatic heterocycles. The highest BCUT2D eigenvalue weighted by Gasteiger charge is 2.28. The van der Waals surface area contributed by atoms with E-state index in [2.05, 4.69) is 10.1 Å². The first-order chi connectivity index (χ1) is 16.6. The quantitative estimate of drug-likeness (QED) is 0.438. The number of rotatable bonds is 3. The summed E-state index contributed by atoms with van der Waals surface area (Å²) in [5.41, 5.74) is 2.92. The van der Waals surface area contributed by atoms with Crippen LogP contribution in [0.25, 0.3) is 11.4 Å². The number of ether oxygens (including phenoxy) is 1. The van der Waals surface area contributed by atoms with Gasteiger partial charge in [-0.25, -0.2) is 0 Å². The summed E-state index contributed by atoms with van der Waals surface area (Å²) in [4.78, 5) is 34.9. The molecule has 0 bridgehead atoms. The molecule has 0 aliphatic carbocycles. The molecule has 8 nitrogen and oxygen atoms in total. The topological polar surface area (TPSA) is 88.8 Å². The van der Waals surface area contributed by atoms with Crippen LogP contribution in [0.1, 0.15) is 16.2 Å². The highest BCUT2D eigenvalue weighted by Crippen LogP contribution is 2.42. The molecule has 0 spiro atoms. The van der Waals surface area contributed by atoms with Crippen LogP contribution < -0.4 is 14.5 Å². The standard InChI is InChI=1S/C25H18N4O4S/c1-28-18-11-10-15(12-21(18)34-20-9-5-2-6-16(20)25(28)31)24-26-22(33-27-24)13-29-17-7-3-4-8-19(17)32-14-23(29)30/h2-12H,13-14H2,1H3. The molecule has 0 saturated heterocycles. The normalized spacial score (nSPS) is 14.7. The van der Waals surface area contributed by atoms with Crippen molar-refractivity contribution in [3.05, 3.63) is 78.2 Å². The number of carbonyl (C=O) groups excluding carboxylic acids is 2. The number of nitrogens with zero attached hydrogens (tertiary/aromatic N) is 4. The molecule has 0 fully saturated rings. The molecular weight excluding hydrogens is 452 g/mol. The Balaban J connectivity index is 1.31. The van der Waals surface area contributed by atoms with E-state index in [0.29, 0.717) is 28.7 Å². The van der Waals surface area contributed by atoms with Gasteiger partial charge in [0, 0.05) is 22.4 Å². The number of para-hydroxylation sites is 2. The van der Waals surface area contributed by atoms with Crippen molar-refractivity contribution in [2.45, 2.75) is 16.3 Å². The lowest BCUT2D eigenvalue weighted by molar-refractivity contribution is -0.121. The molecule has 4 aromatic rings. The van der Waals surface area contributed by atoms with Gasteiger partial charge < -0.3 is 14.2 Å². The summed E-state index contributed by atoms with van der Waals surface area (Å²) in [5, 5.41) is 4.14. The van der Waals surface area contributed by atoms with E-state index in [1.807, 2.05) is 66.7 Å². The van der Waals surface area contributed by atoms with Crippen LogP contribution in [0.3, 0.4) is 0 Å². The van der Waals surface area contributed by atoms with Gasteiger partial charge in [-0.1, -0.05) is 41.2 Å². The van der Waals surface area contributed by atoms with Crippen LogP contribution in [-0.4, -0.2) is 35.6 Å². The number of hydrogen-bond acceptors (Lipinski definition) is 7. The molecule has 2 aliphatic rings. The Bertz CT molecular complexity index is 1450. The van der Waals surface area contributed by atoms with Crippen molar-refractivity contribution in [1.82, 2.24) is 10.1 Å². The first kappa shape index (κ1) is 20.5. The predicted octanol–water partition coefficient (Wildman–Crippen LogP) is 4.40. The molecular formula is C25H18N4O4S. The maximum absolute atomic E-state index is 12.9. The third-order valence-corrected chi connectivity index (χ3v) is 6.91. The SMILES string of the molecule is CN1C(=O)c2ccccc2Sc2cc(-c3noc(CN4C(=O)COc5ccccc54)n3)ccc21. The Morgan fingerprint density at radius 2 is 1.79 bits per heavy atom. The average molecular weight is 471 g/mol. The van der Waals surface area contributed by atoms with Gasteiger partial charge in [0.2, 0.25) is 11.7 Å². The van der Waals surface area contributed by atoms with Crippen molar-refractivity contribution in [3.8, 4) is 17.1 Å². The summed E-state index contributed by atoms with van der Waals surface area (Å²) in [7, 11) is 1.77. The van der Waals surface area contributed by atoms with Gasteiger partial charge in [-0.3, -0.25) is 14.5 Å². The number of hydrogen-bond donors (Lipinski definition) is 0. The van der Waals surface area contributed by atoms with Gasteiger partial charge in [-0.15, -0.1) is 0 Å². The second-order valence-corrected chi connectivity index (χ2v) is 8.98. The average Bonchev–Trinajstić information content (AvgIpc) is 3.30. The van der Waals surface area contributed by atoms with E-state index in [9.17, 15) is 9.59 Å². The Morgan fingerprint density at radius 1 is 0.971 bits per heavy atom. The van der Waals surface area contributed by atoms with Gasteiger partial charge in [0.05, 0.1) is 16.9 Å². The van der Waals surface area contributed by atoms with Crippen molar-refractivity contribution < 1.29 is 18.8 Å². The zero-order valence-electron chi connectivity index (χ0n) is 18.1. The molecule has 34 heavy (non-hydrogen) atoms. The minimum atomic E-state index is -0.175. The summed E-state index contributed by atoms with van der Waals surface area (Å²) >= 11 is 1.53. The van der Waals surface area contributed by atoms with E-state index in [1.165, 1.54) is 11.8 Å². The fourth-order valence-corrected chi connectivity index (χ4v) is 5.20. The number of aromatic nitrogens is 2. The number of fused-ring (bicyclic) bond motifs is 3. The third-order valence-electron chi connectivity index (χ3n) is 5.79. The monoisotopic (exact) mass is 470 g/mol. The zero-order chi connectivity index (χ0) is 23.2. The predicted molar refractivity (Wildman–Crippen MR) is 126 cm³/mol. The van der Waals surface area contributed by atoms with Crippen LogP contribution in [-0.2, 0) is 11.3 Å². The Labute approximate surface area is 199 Å². The highest BCUT2D eigenvalue weighted by atomic mass is 32.2. The second-order valence-electron chi connectivity index (χ2n) is 7.89. The molecule has 9 heteroatoms. The summed E-state index contributed by atoms with van der Waals surface area (Å²) in [6.45, 7) is 0.115. The molecule has 0 N–H and O–H groups in total. The maximum atomic E-state index is 12.9. The smallest absolute Gasteiger partial charge is 0.265 e. The van der Waals surface area contributed by atoms with Crippen molar-refractivity contribution in [3.63, 3.8) is 0 Å². The lowest BCUT2D eigenvalue weighted by Gasteiger charge is -2.27. The van der Waals surface area contributed by atoms with Crippen LogP contribution in [0.4, 0.5) is 11.4 Å². The van der Waals surface area contributed by atoms with Gasteiger partial charge >= 0.3 is 0 Å². The minimum Gasteiger partial charge on any atom is -0.482 e. The molecule has 0 atom stereocenters. The summed E-state index contributed by atoms with van der Waals surface area (Å²) in [6, 6.07) is 20.6. The van der Waals surface area contributed by atoms with Crippen LogP contribution in [0.15, 0.2) is 81.0 Å². The minimum absolute atomic E-state index is 0.0340. The van der Waals surface area contributed by atoms with Crippen molar-refractivity contribution in [2.75, 3.05) is 23.5 Å². The second kappa shape index (κ2) is 8.03. The molecule has 168 valence electrons. The molecule has 0 unspecified atom stereocenters. The maximum Gasteiger partial charge on any atom is 0.265 e. The fraction of sp³-hybridized carbons (Fsp3) is 0.120. The van der Waals surface area contributed by atoms with Gasteiger partial charge in [0.15, 0.2) is 6.61 Å². The van der Waals surface area contributed by atoms with E-state index in [0.717, 1.165) is 21.0 Å². The molecule has 6 rings (SSSR count). The first-order valence-corrected chi connectivity index (χ1v) is 11.4. The third kappa shape index (κ3) is 3.41. The van der Waals surface area contributed by atoms with Gasteiger partial charge in [-0.05, 0) is 42.5 Å². The molecule has 2 aliphatic heterocycles. The van der Waals surface area contributed by atoms with E-state index in [1.54, 1.807) is 16.8 Å². The van der Waals surface area contributed by atoms with E-state index in [-0.39, 0.29) is 25.0 Å². The number of carbonyl (C=O) groups is 2. The molecule has 2 amide bonds. The van der Waals surface area contributed by atoms with Crippen LogP contribution >= 0.6 is 11.8 Å². The van der Waals surface area contributed by atoms with Crippen molar-refractivity contribution in [1.29, 1.82) is 0 Å². The first-order valence-electron chi connectivity index (χ1n) is 10.6. The lowest BCUT2D eigenvalue weighted by Crippen LogP contribution is -2.38. The number of benzene rings is 3. The molecule has 0 saturated carbocycles. The van der Waals surface area contributed by atoms with Crippen LogP contribution in [0, 0.1) is 0 Å². The van der Waals surface area contributed by atoms with Crippen LogP contribution in [0.2, 0.25) is 0 Å². The fourth-order valence-electron chi connectivity index (χ4n) is 4.05. The Kier molecular flexibility index (Phi) is 4.84. The molecule has 0 radical (unpaired) electrons. The number of amides is 2. The van der Waals surface area contributed by atoms with E-state index < -0.39 is 0 Å². The summed E-state index contributed by atoms with van der Waals surface area (Å²) < 4.78 is 11.0. The van der Waals surface area contributed by atoms with Crippen molar-refractivity contribution >= 4 is 35.0 Å². The summed E-state index contributed by atoms with van der Waals surface area (Å²) in [5.74, 6) is 1.15. The van der Waals surface area contributed by atoms with E-state index >= 15 is 0 Å².